The van der Waals surface area contributed by atoms with Gasteiger partial charge in [0.25, 0.3) is 10.0 Å². The summed E-state index contributed by atoms with van der Waals surface area (Å²) >= 11 is 1.15. The highest BCUT2D eigenvalue weighted by Crippen LogP contribution is 2.35. The summed E-state index contributed by atoms with van der Waals surface area (Å²) in [5, 5.41) is 8.17. The van der Waals surface area contributed by atoms with Gasteiger partial charge in [-0.2, -0.15) is 0 Å². The lowest BCUT2D eigenvalue weighted by atomic mass is 10.3. The summed E-state index contributed by atoms with van der Waals surface area (Å²) in [5.74, 6) is -0.819. The Morgan fingerprint density at radius 2 is 1.79 bits per heavy atom. The summed E-state index contributed by atoms with van der Waals surface area (Å²) in [6.45, 7) is 0. The zero-order valence-electron chi connectivity index (χ0n) is 14.2. The van der Waals surface area contributed by atoms with Gasteiger partial charge in [-0.25, -0.2) is 8.42 Å². The number of ether oxygens (including phenoxy) is 1. The molecular formula is C16H13F3N4O3S2. The molecule has 3 aromatic rings. The molecule has 12 heteroatoms. The van der Waals surface area contributed by atoms with Crippen LogP contribution in [0.15, 0.2) is 69.8 Å². The van der Waals surface area contributed by atoms with Crippen LogP contribution in [0.25, 0.3) is 0 Å². The highest BCUT2D eigenvalue weighted by molar-refractivity contribution is 7.99. The standard InChI is InChI=1S/C16H13F3N4O3S2/c1-23-10-20-21-15(23)27-13-8-4-2-6-11(13)22-28(24,25)14-9-5-3-7-12(14)26-16(17,18)19/h2-10,22H,1H3. The quantitative estimate of drug-likeness (QED) is 0.642. The van der Waals surface area contributed by atoms with Crippen molar-refractivity contribution >= 4 is 27.5 Å². The molecule has 0 atom stereocenters. The molecule has 0 aliphatic heterocycles. The van der Waals surface area contributed by atoms with Crippen LogP contribution in [0.3, 0.4) is 0 Å². The fourth-order valence-electron chi connectivity index (χ4n) is 2.18. The highest BCUT2D eigenvalue weighted by Gasteiger charge is 2.34. The van der Waals surface area contributed by atoms with Crippen LogP contribution in [0.2, 0.25) is 0 Å². The van der Waals surface area contributed by atoms with Crippen LogP contribution < -0.4 is 9.46 Å². The molecule has 0 amide bonds. The predicted octanol–water partition coefficient (Wildman–Crippen LogP) is 3.67. The number of hydrogen-bond acceptors (Lipinski definition) is 6. The second kappa shape index (κ2) is 7.72. The summed E-state index contributed by atoms with van der Waals surface area (Å²) in [6.07, 6.45) is -3.54. The molecule has 2 aromatic carbocycles. The number of aryl methyl sites for hydroxylation is 1. The van der Waals surface area contributed by atoms with Crippen LogP contribution in [-0.4, -0.2) is 29.5 Å². The molecule has 28 heavy (non-hydrogen) atoms. The van der Waals surface area contributed by atoms with Gasteiger partial charge in [0.05, 0.1) is 5.69 Å². The van der Waals surface area contributed by atoms with E-state index in [1.54, 1.807) is 29.8 Å². The number of benzene rings is 2. The number of para-hydroxylation sites is 2. The molecule has 0 spiro atoms. The lowest BCUT2D eigenvalue weighted by Crippen LogP contribution is -2.21. The van der Waals surface area contributed by atoms with Crippen LogP contribution in [0.5, 0.6) is 5.75 Å². The number of rotatable bonds is 6. The Morgan fingerprint density at radius 3 is 2.46 bits per heavy atom. The summed E-state index contributed by atoms with van der Waals surface area (Å²) < 4.78 is 71.0. The van der Waals surface area contributed by atoms with Crippen molar-refractivity contribution in [3.63, 3.8) is 0 Å². The number of sulfonamides is 1. The summed E-state index contributed by atoms with van der Waals surface area (Å²) in [4.78, 5) is -0.137. The molecule has 3 rings (SSSR count). The number of anilines is 1. The molecule has 0 saturated heterocycles. The van der Waals surface area contributed by atoms with Gasteiger partial charge in [-0.3, -0.25) is 4.72 Å². The molecule has 0 unspecified atom stereocenters. The third-order valence-electron chi connectivity index (χ3n) is 3.37. The van der Waals surface area contributed by atoms with Crippen LogP contribution in [0.1, 0.15) is 0 Å². The van der Waals surface area contributed by atoms with Crippen molar-refractivity contribution in [2.45, 2.75) is 21.3 Å². The molecule has 148 valence electrons. The number of halogens is 3. The smallest absolute Gasteiger partial charge is 0.404 e. The molecule has 0 bridgehead atoms. The Kier molecular flexibility index (Phi) is 5.52. The Morgan fingerprint density at radius 1 is 1.11 bits per heavy atom. The monoisotopic (exact) mass is 430 g/mol. The first-order valence-corrected chi connectivity index (χ1v) is 9.94. The zero-order valence-corrected chi connectivity index (χ0v) is 15.8. The minimum atomic E-state index is -5.02. The lowest BCUT2D eigenvalue weighted by molar-refractivity contribution is -0.275. The second-order valence-corrected chi connectivity index (χ2v) is 8.08. The van der Waals surface area contributed by atoms with E-state index in [2.05, 4.69) is 19.7 Å². The van der Waals surface area contributed by atoms with Crippen molar-refractivity contribution < 1.29 is 26.3 Å². The minimum absolute atomic E-state index is 0.178. The van der Waals surface area contributed by atoms with Gasteiger partial charge in [0.1, 0.15) is 17.0 Å². The minimum Gasteiger partial charge on any atom is -0.404 e. The number of nitrogens with zero attached hydrogens (tertiary/aromatic N) is 3. The molecule has 7 nitrogen and oxygen atoms in total. The van der Waals surface area contributed by atoms with Gasteiger partial charge in [-0.1, -0.05) is 24.3 Å². The van der Waals surface area contributed by atoms with Gasteiger partial charge in [0.2, 0.25) is 0 Å². The van der Waals surface area contributed by atoms with Crippen molar-refractivity contribution in [2.24, 2.45) is 7.05 Å². The third-order valence-corrected chi connectivity index (χ3v) is 5.90. The van der Waals surface area contributed by atoms with E-state index in [4.69, 9.17) is 0 Å². The average Bonchev–Trinajstić information content (AvgIpc) is 3.00. The summed E-state index contributed by atoms with van der Waals surface area (Å²) in [6, 6.07) is 10.9. The molecule has 0 saturated carbocycles. The van der Waals surface area contributed by atoms with Gasteiger partial charge in [-0.15, -0.1) is 23.4 Å². The van der Waals surface area contributed by atoms with Gasteiger partial charge >= 0.3 is 6.36 Å². The van der Waals surface area contributed by atoms with E-state index in [1.807, 2.05) is 0 Å². The van der Waals surface area contributed by atoms with E-state index < -0.39 is 27.0 Å². The molecule has 1 heterocycles. The predicted molar refractivity (Wildman–Crippen MR) is 95.5 cm³/mol. The molecule has 1 N–H and O–H groups in total. The first-order valence-electron chi connectivity index (χ1n) is 7.64. The van der Waals surface area contributed by atoms with E-state index in [0.29, 0.717) is 10.1 Å². The van der Waals surface area contributed by atoms with Gasteiger partial charge in [0, 0.05) is 11.9 Å². The van der Waals surface area contributed by atoms with Crippen molar-refractivity contribution in [2.75, 3.05) is 4.72 Å². The number of alkyl halides is 3. The molecule has 0 aliphatic carbocycles. The molecular weight excluding hydrogens is 417 g/mol. The fraction of sp³-hybridized carbons (Fsp3) is 0.125. The topological polar surface area (TPSA) is 86.1 Å². The van der Waals surface area contributed by atoms with E-state index >= 15 is 0 Å². The normalized spacial score (nSPS) is 12.0. The number of hydrogen-bond donors (Lipinski definition) is 1. The molecule has 0 fully saturated rings. The maximum absolute atomic E-state index is 12.7. The molecule has 0 aliphatic rings. The first-order chi connectivity index (χ1) is 13.2. The third kappa shape index (κ3) is 4.75. The van der Waals surface area contributed by atoms with Crippen molar-refractivity contribution in [1.29, 1.82) is 0 Å². The lowest BCUT2D eigenvalue weighted by Gasteiger charge is -2.15. The second-order valence-electron chi connectivity index (χ2n) is 5.42. The van der Waals surface area contributed by atoms with Crippen LogP contribution in [0, 0.1) is 0 Å². The first kappa shape index (κ1) is 20.0. The molecule has 0 radical (unpaired) electrons. The zero-order chi connectivity index (χ0) is 20.4. The fourth-order valence-corrected chi connectivity index (χ4v) is 4.31. The Hall–Kier alpha value is -2.73. The van der Waals surface area contributed by atoms with Gasteiger partial charge in [0.15, 0.2) is 5.16 Å². The van der Waals surface area contributed by atoms with Crippen LogP contribution in [-0.2, 0) is 17.1 Å². The maximum atomic E-state index is 12.7. The summed E-state index contributed by atoms with van der Waals surface area (Å²) in [5.41, 5.74) is 0.178. The van der Waals surface area contributed by atoms with E-state index in [0.717, 1.165) is 23.9 Å². The average molecular weight is 430 g/mol. The van der Waals surface area contributed by atoms with Crippen LogP contribution in [0.4, 0.5) is 18.9 Å². The molecule has 1 aromatic heterocycles. The van der Waals surface area contributed by atoms with E-state index in [1.165, 1.54) is 24.5 Å². The SMILES string of the molecule is Cn1cnnc1Sc1ccccc1NS(=O)(=O)c1ccccc1OC(F)(F)F. The highest BCUT2D eigenvalue weighted by atomic mass is 32.2. The van der Waals surface area contributed by atoms with Crippen molar-refractivity contribution in [1.82, 2.24) is 14.8 Å². The summed E-state index contributed by atoms with van der Waals surface area (Å²) in [7, 11) is -2.64. The maximum Gasteiger partial charge on any atom is 0.573 e. The number of aromatic nitrogens is 3. The largest absolute Gasteiger partial charge is 0.573 e. The number of nitrogens with one attached hydrogen (secondary N) is 1. The Labute approximate surface area is 162 Å². The Bertz CT molecular complexity index is 1080. The van der Waals surface area contributed by atoms with Crippen molar-refractivity contribution in [3.8, 4) is 5.75 Å². The van der Waals surface area contributed by atoms with E-state index in [9.17, 15) is 21.6 Å². The van der Waals surface area contributed by atoms with Gasteiger partial charge in [-0.05, 0) is 36.0 Å². The van der Waals surface area contributed by atoms with Gasteiger partial charge < -0.3 is 9.30 Å². The Balaban J connectivity index is 1.93. The van der Waals surface area contributed by atoms with E-state index in [-0.39, 0.29) is 5.69 Å². The van der Waals surface area contributed by atoms with Crippen LogP contribution >= 0.6 is 11.8 Å². The van der Waals surface area contributed by atoms with Crippen molar-refractivity contribution in [3.05, 3.63) is 54.9 Å².